The van der Waals surface area contributed by atoms with Gasteiger partial charge in [-0.3, -0.25) is 0 Å². The lowest BCUT2D eigenvalue weighted by Crippen LogP contribution is -1.98. The number of fused-ring (bicyclic) bond motifs is 1. The summed E-state index contributed by atoms with van der Waals surface area (Å²) in [5, 5.41) is 10.0. The van der Waals surface area contributed by atoms with Crippen molar-refractivity contribution >= 4 is 28.6 Å². The minimum Gasteiger partial charge on any atom is -0.423 e. The highest BCUT2D eigenvalue weighted by Gasteiger charge is 2.10. The molecule has 0 aliphatic carbocycles. The molecule has 0 spiro atoms. The van der Waals surface area contributed by atoms with Crippen molar-refractivity contribution in [2.24, 2.45) is 0 Å². The highest BCUT2D eigenvalue weighted by Crippen LogP contribution is 2.31. The lowest BCUT2D eigenvalue weighted by atomic mass is 9.99. The van der Waals surface area contributed by atoms with Crippen LogP contribution >= 0.6 is 11.6 Å². The third kappa shape index (κ3) is 3.03. The van der Waals surface area contributed by atoms with Gasteiger partial charge in [-0.2, -0.15) is 5.26 Å². The van der Waals surface area contributed by atoms with Gasteiger partial charge < -0.3 is 4.42 Å². The van der Waals surface area contributed by atoms with Crippen LogP contribution in [0.25, 0.3) is 28.2 Å². The predicted molar refractivity (Wildman–Crippen MR) is 92.3 cm³/mol. The first kappa shape index (κ1) is 15.1. The van der Waals surface area contributed by atoms with Crippen molar-refractivity contribution in [3.05, 3.63) is 75.1 Å². The van der Waals surface area contributed by atoms with Crippen molar-refractivity contribution in [2.45, 2.75) is 6.92 Å². The van der Waals surface area contributed by atoms with Gasteiger partial charge in [-0.15, -0.1) is 0 Å². The minimum absolute atomic E-state index is 0.426. The van der Waals surface area contributed by atoms with Gasteiger partial charge in [-0.25, -0.2) is 4.79 Å². The molecule has 0 aliphatic heterocycles. The van der Waals surface area contributed by atoms with Gasteiger partial charge in [0.25, 0.3) is 0 Å². The molecule has 0 amide bonds. The Morgan fingerprint density at radius 1 is 1.22 bits per heavy atom. The van der Waals surface area contributed by atoms with E-state index in [4.69, 9.17) is 21.3 Å². The zero-order valence-electron chi connectivity index (χ0n) is 12.3. The van der Waals surface area contributed by atoms with E-state index >= 15 is 0 Å². The van der Waals surface area contributed by atoms with E-state index < -0.39 is 5.63 Å². The number of nitrogens with zero attached hydrogens (tertiary/aromatic N) is 1. The summed E-state index contributed by atoms with van der Waals surface area (Å²) in [5.41, 5.74) is 3.49. The van der Waals surface area contributed by atoms with Crippen LogP contribution in [0.5, 0.6) is 0 Å². The first-order valence-electron chi connectivity index (χ1n) is 6.99. The van der Waals surface area contributed by atoms with Crippen LogP contribution in [0.3, 0.4) is 0 Å². The predicted octanol–water partition coefficient (Wildman–Crippen LogP) is 4.96. The number of aryl methyl sites for hydroxylation is 1. The number of benzene rings is 2. The Bertz CT molecular complexity index is 1030. The fourth-order valence-electron chi connectivity index (χ4n) is 2.47. The zero-order chi connectivity index (χ0) is 16.4. The topological polar surface area (TPSA) is 54.0 Å². The average molecular weight is 322 g/mol. The molecule has 23 heavy (non-hydrogen) atoms. The second-order valence-electron chi connectivity index (χ2n) is 5.16. The van der Waals surface area contributed by atoms with Crippen LogP contribution in [0, 0.1) is 18.3 Å². The van der Waals surface area contributed by atoms with Crippen LogP contribution in [0.15, 0.2) is 57.8 Å². The van der Waals surface area contributed by atoms with Crippen LogP contribution in [0.1, 0.15) is 11.1 Å². The molecule has 0 radical (unpaired) electrons. The van der Waals surface area contributed by atoms with E-state index in [-0.39, 0.29) is 0 Å². The molecular formula is C19H12ClNO2. The monoisotopic (exact) mass is 321 g/mol. The summed E-state index contributed by atoms with van der Waals surface area (Å²) in [6.07, 6.45) is 3.14. The molecule has 1 heterocycles. The second-order valence-corrected chi connectivity index (χ2v) is 5.57. The maximum absolute atomic E-state index is 11.9. The molecule has 0 aliphatic rings. The molecule has 3 nitrogen and oxygen atoms in total. The summed E-state index contributed by atoms with van der Waals surface area (Å²) < 4.78 is 5.26. The van der Waals surface area contributed by atoms with E-state index in [9.17, 15) is 4.79 Å². The van der Waals surface area contributed by atoms with Gasteiger partial charge in [0.05, 0.1) is 6.07 Å². The van der Waals surface area contributed by atoms with E-state index in [1.165, 1.54) is 12.1 Å². The van der Waals surface area contributed by atoms with E-state index in [1.54, 1.807) is 12.1 Å². The molecule has 1 aromatic heterocycles. The Morgan fingerprint density at radius 2 is 2.04 bits per heavy atom. The Balaban J connectivity index is 2.28. The summed E-state index contributed by atoms with van der Waals surface area (Å²) in [7, 11) is 0. The normalized spacial score (nSPS) is 11.0. The SMILES string of the molecule is Cc1cc2c(-c3cccc(/C=C/C#N)c3)cc(=O)oc2cc1Cl. The first-order chi connectivity index (χ1) is 11.1. The van der Waals surface area contributed by atoms with Gasteiger partial charge >= 0.3 is 5.63 Å². The fraction of sp³-hybridized carbons (Fsp3) is 0.0526. The quantitative estimate of drug-likeness (QED) is 0.495. The van der Waals surface area contributed by atoms with Crippen molar-refractivity contribution in [1.29, 1.82) is 5.26 Å². The summed E-state index contributed by atoms with van der Waals surface area (Å²) in [6.45, 7) is 1.91. The summed E-state index contributed by atoms with van der Waals surface area (Å²) in [4.78, 5) is 11.9. The number of allylic oxidation sites excluding steroid dienone is 1. The first-order valence-corrected chi connectivity index (χ1v) is 7.37. The molecule has 0 N–H and O–H groups in total. The van der Waals surface area contributed by atoms with Crippen LogP contribution < -0.4 is 5.63 Å². The van der Waals surface area contributed by atoms with Crippen LogP contribution in [-0.4, -0.2) is 0 Å². The van der Waals surface area contributed by atoms with Gasteiger partial charge in [0.15, 0.2) is 0 Å². The molecule has 112 valence electrons. The van der Waals surface area contributed by atoms with E-state index in [0.717, 1.165) is 27.6 Å². The molecule has 0 saturated heterocycles. The second kappa shape index (κ2) is 6.12. The van der Waals surface area contributed by atoms with Crippen molar-refractivity contribution in [3.63, 3.8) is 0 Å². The Kier molecular flexibility index (Phi) is 4.01. The molecule has 0 unspecified atom stereocenters. The molecule has 0 saturated carbocycles. The minimum atomic E-state index is -0.426. The van der Waals surface area contributed by atoms with Crippen LogP contribution in [0.2, 0.25) is 5.02 Å². The Hall–Kier alpha value is -2.83. The number of hydrogen-bond donors (Lipinski definition) is 0. The van der Waals surface area contributed by atoms with Gasteiger partial charge in [-0.05, 0) is 47.4 Å². The molecular weight excluding hydrogens is 310 g/mol. The number of hydrogen-bond acceptors (Lipinski definition) is 3. The molecule has 0 fully saturated rings. The zero-order valence-corrected chi connectivity index (χ0v) is 13.1. The third-order valence-electron chi connectivity index (χ3n) is 3.57. The molecule has 0 bridgehead atoms. The smallest absolute Gasteiger partial charge is 0.336 e. The molecule has 0 atom stereocenters. The van der Waals surface area contributed by atoms with Crippen molar-refractivity contribution in [1.82, 2.24) is 0 Å². The maximum atomic E-state index is 11.9. The van der Waals surface area contributed by atoms with Gasteiger partial charge in [0.2, 0.25) is 0 Å². The molecule has 3 rings (SSSR count). The molecule has 3 aromatic rings. The fourth-order valence-corrected chi connectivity index (χ4v) is 2.63. The lowest BCUT2D eigenvalue weighted by molar-refractivity contribution is 0.561. The Morgan fingerprint density at radius 3 is 2.83 bits per heavy atom. The van der Waals surface area contributed by atoms with Crippen LogP contribution in [-0.2, 0) is 0 Å². The largest absolute Gasteiger partial charge is 0.423 e. The summed E-state index contributed by atoms with van der Waals surface area (Å²) >= 11 is 6.12. The third-order valence-corrected chi connectivity index (χ3v) is 3.98. The summed E-state index contributed by atoms with van der Waals surface area (Å²) in [6, 6.07) is 14.6. The average Bonchev–Trinajstić information content (AvgIpc) is 2.54. The Labute approximate surface area is 138 Å². The summed E-state index contributed by atoms with van der Waals surface area (Å²) in [5.74, 6) is 0. The van der Waals surface area contributed by atoms with E-state index in [0.29, 0.717) is 10.6 Å². The molecule has 4 heteroatoms. The highest BCUT2D eigenvalue weighted by atomic mass is 35.5. The van der Waals surface area contributed by atoms with Crippen LogP contribution in [0.4, 0.5) is 0 Å². The van der Waals surface area contributed by atoms with Gasteiger partial charge in [0.1, 0.15) is 5.58 Å². The molecule has 2 aromatic carbocycles. The lowest BCUT2D eigenvalue weighted by Gasteiger charge is -2.08. The number of halogens is 1. The van der Waals surface area contributed by atoms with Crippen molar-refractivity contribution < 1.29 is 4.42 Å². The van der Waals surface area contributed by atoms with E-state index in [2.05, 4.69) is 0 Å². The number of nitriles is 1. The van der Waals surface area contributed by atoms with Crippen molar-refractivity contribution in [2.75, 3.05) is 0 Å². The maximum Gasteiger partial charge on any atom is 0.336 e. The van der Waals surface area contributed by atoms with Gasteiger partial charge in [0, 0.05) is 28.6 Å². The van der Waals surface area contributed by atoms with E-state index in [1.807, 2.05) is 43.3 Å². The standard InChI is InChI=1S/C19H12ClNO2/c1-12-8-16-15(10-19(22)23-18(16)11-17(12)20)14-6-2-4-13(9-14)5-3-7-21/h2-6,8-11H,1H3/b5-3+. The number of rotatable bonds is 2. The van der Waals surface area contributed by atoms with Gasteiger partial charge in [-0.1, -0.05) is 29.8 Å². The highest BCUT2D eigenvalue weighted by molar-refractivity contribution is 6.32. The van der Waals surface area contributed by atoms with Crippen molar-refractivity contribution in [3.8, 4) is 17.2 Å².